The van der Waals surface area contributed by atoms with E-state index < -0.39 is 5.54 Å². The second-order valence-corrected chi connectivity index (χ2v) is 9.20. The lowest BCUT2D eigenvalue weighted by Crippen LogP contribution is -2.52. The van der Waals surface area contributed by atoms with Crippen LogP contribution in [0.2, 0.25) is 0 Å². The van der Waals surface area contributed by atoms with Crippen LogP contribution in [0.3, 0.4) is 0 Å². The van der Waals surface area contributed by atoms with Gasteiger partial charge in [-0.3, -0.25) is 9.59 Å². The predicted octanol–water partition coefficient (Wildman–Crippen LogP) is 2.73. The molecule has 1 spiro atoms. The highest BCUT2D eigenvalue weighted by Crippen LogP contribution is 2.41. The Morgan fingerprint density at radius 3 is 2.73 bits per heavy atom. The van der Waals surface area contributed by atoms with E-state index in [1.807, 2.05) is 11.0 Å². The van der Waals surface area contributed by atoms with Crippen LogP contribution in [0.1, 0.15) is 47.5 Å². The number of pyridine rings is 1. The average molecular weight is 453 g/mol. The van der Waals surface area contributed by atoms with E-state index in [1.165, 1.54) is 12.1 Å². The Morgan fingerprint density at radius 2 is 1.94 bits per heavy atom. The molecule has 0 radical (unpaired) electrons. The number of carbonyl (C=O) groups is 2. The Morgan fingerprint density at radius 1 is 1.15 bits per heavy atom. The molecular formula is C25H29FN4O3. The normalized spacial score (nSPS) is 25.7. The first-order valence-electron chi connectivity index (χ1n) is 11.7. The summed E-state index contributed by atoms with van der Waals surface area (Å²) in [6.45, 7) is 3.70. The second-order valence-electron chi connectivity index (χ2n) is 9.20. The summed E-state index contributed by atoms with van der Waals surface area (Å²) in [5.74, 6) is 0.332. The standard InChI is InChI=1S/C25H29FN4O3/c26-20-6-4-18(5-7-20)21-16-30(17-25(21)9-2-1-3-23(31)28-25)24(32)19-8-10-27-22(15-19)29-11-13-33-14-12-29/h4-8,10,15,21H,1-3,9,11-14,16-17H2,(H,28,31)/t21-,25+/m0/s1. The quantitative estimate of drug-likeness (QED) is 0.775. The third kappa shape index (κ3) is 4.44. The molecule has 3 aliphatic heterocycles. The first kappa shape index (κ1) is 21.8. The summed E-state index contributed by atoms with van der Waals surface area (Å²) in [4.78, 5) is 34.5. The van der Waals surface area contributed by atoms with Crippen LogP contribution < -0.4 is 10.2 Å². The summed E-state index contributed by atoms with van der Waals surface area (Å²) >= 11 is 0. The number of anilines is 1. The van der Waals surface area contributed by atoms with E-state index in [9.17, 15) is 14.0 Å². The molecule has 1 aromatic heterocycles. The van der Waals surface area contributed by atoms with Crippen molar-refractivity contribution in [3.05, 3.63) is 59.5 Å². The molecule has 2 aromatic rings. The van der Waals surface area contributed by atoms with Crippen molar-refractivity contribution in [2.45, 2.75) is 37.1 Å². The minimum absolute atomic E-state index is 0.0208. The molecule has 1 N–H and O–H groups in total. The van der Waals surface area contributed by atoms with Crippen molar-refractivity contribution in [2.24, 2.45) is 0 Å². The molecule has 0 unspecified atom stereocenters. The fourth-order valence-corrected chi connectivity index (χ4v) is 5.39. The van der Waals surface area contributed by atoms with Gasteiger partial charge in [0.1, 0.15) is 11.6 Å². The molecule has 0 bridgehead atoms. The number of rotatable bonds is 3. The molecule has 174 valence electrons. The molecule has 5 rings (SSSR count). The number of nitrogens with one attached hydrogen (secondary N) is 1. The molecule has 7 nitrogen and oxygen atoms in total. The van der Waals surface area contributed by atoms with Crippen LogP contribution in [0.15, 0.2) is 42.6 Å². The maximum absolute atomic E-state index is 13.6. The lowest BCUT2D eigenvalue weighted by atomic mass is 9.79. The Kier molecular flexibility index (Phi) is 6.01. The van der Waals surface area contributed by atoms with Gasteiger partial charge in [0.15, 0.2) is 0 Å². The number of likely N-dealkylation sites (tertiary alicyclic amines) is 1. The zero-order valence-electron chi connectivity index (χ0n) is 18.6. The molecule has 1 aromatic carbocycles. The van der Waals surface area contributed by atoms with Gasteiger partial charge in [-0.25, -0.2) is 9.37 Å². The smallest absolute Gasteiger partial charge is 0.254 e. The van der Waals surface area contributed by atoms with Gasteiger partial charge in [-0.05, 0) is 42.7 Å². The van der Waals surface area contributed by atoms with Crippen LogP contribution in [0.25, 0.3) is 0 Å². The second kappa shape index (κ2) is 9.09. The van der Waals surface area contributed by atoms with Crippen molar-refractivity contribution in [1.29, 1.82) is 0 Å². The van der Waals surface area contributed by atoms with Gasteiger partial charge in [-0.15, -0.1) is 0 Å². The van der Waals surface area contributed by atoms with E-state index in [-0.39, 0.29) is 23.5 Å². The van der Waals surface area contributed by atoms with E-state index in [2.05, 4.69) is 15.2 Å². The minimum Gasteiger partial charge on any atom is -0.378 e. The first-order valence-corrected chi connectivity index (χ1v) is 11.7. The number of aromatic nitrogens is 1. The monoisotopic (exact) mass is 452 g/mol. The SMILES string of the molecule is O=C1CCCC[C@]2(CN(C(=O)c3ccnc(N4CCOCC4)c3)C[C@H]2c2ccc(F)cc2)N1. The van der Waals surface area contributed by atoms with Crippen LogP contribution in [0, 0.1) is 5.82 Å². The maximum atomic E-state index is 13.6. The van der Waals surface area contributed by atoms with E-state index in [1.54, 1.807) is 24.4 Å². The van der Waals surface area contributed by atoms with Crippen LogP contribution in [0.4, 0.5) is 10.2 Å². The summed E-state index contributed by atoms with van der Waals surface area (Å²) in [7, 11) is 0. The molecule has 3 aliphatic rings. The van der Waals surface area contributed by atoms with Crippen molar-refractivity contribution >= 4 is 17.6 Å². The Hall–Kier alpha value is -3.00. The van der Waals surface area contributed by atoms with Gasteiger partial charge in [-0.1, -0.05) is 18.6 Å². The Balaban J connectivity index is 1.43. The van der Waals surface area contributed by atoms with E-state index in [0.29, 0.717) is 38.3 Å². The highest BCUT2D eigenvalue weighted by atomic mass is 19.1. The Bertz CT molecular complexity index is 1020. The molecule has 2 atom stereocenters. The zero-order chi connectivity index (χ0) is 22.8. The number of halogens is 1. The van der Waals surface area contributed by atoms with Crippen molar-refractivity contribution in [2.75, 3.05) is 44.3 Å². The fraction of sp³-hybridized carbons (Fsp3) is 0.480. The summed E-state index contributed by atoms with van der Waals surface area (Å²) < 4.78 is 19.0. The highest BCUT2D eigenvalue weighted by molar-refractivity contribution is 5.95. The average Bonchev–Trinajstić information content (AvgIpc) is 3.10. The van der Waals surface area contributed by atoms with Crippen molar-refractivity contribution < 1.29 is 18.7 Å². The lowest BCUT2D eigenvalue weighted by molar-refractivity contribution is -0.122. The van der Waals surface area contributed by atoms with E-state index in [0.717, 1.165) is 43.7 Å². The molecule has 2 amide bonds. The van der Waals surface area contributed by atoms with Gasteiger partial charge >= 0.3 is 0 Å². The number of benzene rings is 1. The number of amides is 2. The van der Waals surface area contributed by atoms with Gasteiger partial charge < -0.3 is 19.9 Å². The number of hydrogen-bond donors (Lipinski definition) is 1. The molecule has 33 heavy (non-hydrogen) atoms. The van der Waals surface area contributed by atoms with Crippen LogP contribution >= 0.6 is 0 Å². The van der Waals surface area contributed by atoms with Crippen LogP contribution in [-0.4, -0.2) is 66.6 Å². The largest absolute Gasteiger partial charge is 0.378 e. The molecular weight excluding hydrogens is 423 g/mol. The Labute approximate surface area is 192 Å². The molecule has 3 saturated heterocycles. The van der Waals surface area contributed by atoms with Crippen LogP contribution in [0.5, 0.6) is 0 Å². The van der Waals surface area contributed by atoms with Crippen molar-refractivity contribution in [1.82, 2.24) is 15.2 Å². The summed E-state index contributed by atoms with van der Waals surface area (Å²) in [6, 6.07) is 10.0. The van der Waals surface area contributed by atoms with E-state index >= 15 is 0 Å². The molecule has 3 fully saturated rings. The third-order valence-corrected chi connectivity index (χ3v) is 7.10. The number of ether oxygens (including phenoxy) is 1. The topological polar surface area (TPSA) is 74.8 Å². The molecule has 4 heterocycles. The minimum atomic E-state index is -0.541. The van der Waals surface area contributed by atoms with Crippen molar-refractivity contribution in [3.63, 3.8) is 0 Å². The lowest BCUT2D eigenvalue weighted by Gasteiger charge is -2.34. The summed E-state index contributed by atoms with van der Waals surface area (Å²) in [6.07, 6.45) is 4.72. The summed E-state index contributed by atoms with van der Waals surface area (Å²) in [5, 5.41) is 3.26. The highest BCUT2D eigenvalue weighted by Gasteiger charge is 2.50. The molecule has 0 aliphatic carbocycles. The number of nitrogens with zero attached hydrogens (tertiary/aromatic N) is 3. The summed E-state index contributed by atoms with van der Waals surface area (Å²) in [5.41, 5.74) is 0.986. The van der Waals surface area contributed by atoms with Gasteiger partial charge in [0.25, 0.3) is 5.91 Å². The number of carbonyl (C=O) groups excluding carboxylic acids is 2. The third-order valence-electron chi connectivity index (χ3n) is 7.10. The van der Waals surface area contributed by atoms with E-state index in [4.69, 9.17) is 4.74 Å². The molecule has 8 heteroatoms. The maximum Gasteiger partial charge on any atom is 0.254 e. The fourth-order valence-electron chi connectivity index (χ4n) is 5.39. The zero-order valence-corrected chi connectivity index (χ0v) is 18.6. The van der Waals surface area contributed by atoms with Crippen LogP contribution in [-0.2, 0) is 9.53 Å². The van der Waals surface area contributed by atoms with Gasteiger partial charge in [0, 0.05) is 50.3 Å². The van der Waals surface area contributed by atoms with Gasteiger partial charge in [0.05, 0.1) is 18.8 Å². The van der Waals surface area contributed by atoms with Gasteiger partial charge in [0.2, 0.25) is 5.91 Å². The van der Waals surface area contributed by atoms with Gasteiger partial charge in [-0.2, -0.15) is 0 Å². The van der Waals surface area contributed by atoms with Crippen molar-refractivity contribution in [3.8, 4) is 0 Å². The number of morpholine rings is 1. The molecule has 0 saturated carbocycles. The first-order chi connectivity index (χ1) is 16.0. The predicted molar refractivity (Wildman–Crippen MR) is 122 cm³/mol. The number of hydrogen-bond acceptors (Lipinski definition) is 5.